The molecule has 0 spiro atoms. The number of aliphatic hydroxyl groups is 2. The lowest BCUT2D eigenvalue weighted by molar-refractivity contribution is -0.123. The maximum atomic E-state index is 11.7. The number of nitrogens with one attached hydrogen (secondary N) is 1. The van der Waals surface area contributed by atoms with Crippen LogP contribution in [0.15, 0.2) is 24.3 Å². The molecule has 2 atom stereocenters. The van der Waals surface area contributed by atoms with Gasteiger partial charge >= 0.3 is 0 Å². The van der Waals surface area contributed by atoms with Crippen molar-refractivity contribution in [3.05, 3.63) is 24.3 Å². The van der Waals surface area contributed by atoms with Gasteiger partial charge in [0, 0.05) is 6.42 Å². The summed E-state index contributed by atoms with van der Waals surface area (Å²) in [6, 6.07) is -0.624. The highest BCUT2D eigenvalue weighted by atomic mass is 16.3. The second-order valence-electron chi connectivity index (χ2n) is 5.57. The van der Waals surface area contributed by atoms with Crippen molar-refractivity contribution in [3.8, 4) is 0 Å². The number of amides is 1. The van der Waals surface area contributed by atoms with Crippen LogP contribution in [0.1, 0.15) is 65.2 Å². The largest absolute Gasteiger partial charge is 0.394 e. The molecule has 2 unspecified atom stereocenters. The van der Waals surface area contributed by atoms with Crippen LogP contribution < -0.4 is 5.32 Å². The van der Waals surface area contributed by atoms with Gasteiger partial charge < -0.3 is 15.5 Å². The van der Waals surface area contributed by atoms with E-state index < -0.39 is 12.1 Å². The minimum Gasteiger partial charge on any atom is -0.394 e. The van der Waals surface area contributed by atoms with Crippen molar-refractivity contribution < 1.29 is 15.0 Å². The normalized spacial score (nSPS) is 14.5. The van der Waals surface area contributed by atoms with Crippen LogP contribution in [0, 0.1) is 0 Å². The third-order valence-corrected chi connectivity index (χ3v) is 3.42. The molecule has 0 saturated carbocycles. The third-order valence-electron chi connectivity index (χ3n) is 3.42. The second kappa shape index (κ2) is 14.8. The Balaban J connectivity index is 4.02. The fourth-order valence-corrected chi connectivity index (χ4v) is 2.02. The first-order valence-electron chi connectivity index (χ1n) is 8.55. The molecule has 0 aliphatic carbocycles. The Labute approximate surface area is 135 Å². The number of allylic oxidation sites excluding steroid dienone is 3. The van der Waals surface area contributed by atoms with Crippen molar-refractivity contribution in [2.24, 2.45) is 0 Å². The van der Waals surface area contributed by atoms with E-state index in [1.807, 2.05) is 6.08 Å². The van der Waals surface area contributed by atoms with Gasteiger partial charge in [-0.2, -0.15) is 0 Å². The molecule has 1 amide bonds. The summed E-state index contributed by atoms with van der Waals surface area (Å²) in [6.07, 6.45) is 14.4. The van der Waals surface area contributed by atoms with Crippen LogP contribution in [0.25, 0.3) is 0 Å². The van der Waals surface area contributed by atoms with Gasteiger partial charge in [0.25, 0.3) is 0 Å². The Kier molecular flexibility index (Phi) is 14.0. The lowest BCUT2D eigenvalue weighted by Gasteiger charge is -2.19. The monoisotopic (exact) mass is 311 g/mol. The quantitative estimate of drug-likeness (QED) is 0.361. The van der Waals surface area contributed by atoms with Crippen molar-refractivity contribution in [2.75, 3.05) is 6.61 Å². The highest BCUT2D eigenvalue weighted by Crippen LogP contribution is 2.03. The smallest absolute Gasteiger partial charge is 0.220 e. The van der Waals surface area contributed by atoms with Gasteiger partial charge in [-0.1, -0.05) is 57.4 Å². The van der Waals surface area contributed by atoms with Crippen LogP contribution in [0.4, 0.5) is 0 Å². The predicted molar refractivity (Wildman–Crippen MR) is 91.6 cm³/mol. The maximum Gasteiger partial charge on any atom is 0.220 e. The number of rotatable bonds is 13. The number of aliphatic hydroxyl groups excluding tert-OH is 2. The molecule has 0 heterocycles. The van der Waals surface area contributed by atoms with E-state index in [0.29, 0.717) is 6.42 Å². The molecule has 4 heteroatoms. The molecule has 3 N–H and O–H groups in total. The number of carbonyl (C=O) groups excluding carboxylic acids is 1. The highest BCUT2D eigenvalue weighted by molar-refractivity contribution is 5.76. The van der Waals surface area contributed by atoms with Gasteiger partial charge in [0.05, 0.1) is 18.8 Å². The van der Waals surface area contributed by atoms with Crippen molar-refractivity contribution in [2.45, 2.75) is 77.4 Å². The lowest BCUT2D eigenvalue weighted by atomic mass is 10.1. The van der Waals surface area contributed by atoms with Crippen LogP contribution in [-0.4, -0.2) is 34.9 Å². The van der Waals surface area contributed by atoms with E-state index in [1.165, 1.54) is 0 Å². The zero-order chi connectivity index (χ0) is 16.6. The van der Waals surface area contributed by atoms with Crippen LogP contribution in [-0.2, 0) is 4.79 Å². The fraction of sp³-hybridized carbons (Fsp3) is 0.722. The zero-order valence-corrected chi connectivity index (χ0v) is 14.1. The molecule has 0 aromatic rings. The van der Waals surface area contributed by atoms with Crippen LogP contribution >= 0.6 is 0 Å². The summed E-state index contributed by atoms with van der Waals surface area (Å²) in [5, 5.41) is 22.0. The molecular weight excluding hydrogens is 278 g/mol. The molecule has 0 aliphatic heterocycles. The van der Waals surface area contributed by atoms with Gasteiger partial charge in [0.2, 0.25) is 5.91 Å². The van der Waals surface area contributed by atoms with E-state index in [2.05, 4.69) is 31.3 Å². The number of hydrogen-bond donors (Lipinski definition) is 3. The first kappa shape index (κ1) is 20.9. The van der Waals surface area contributed by atoms with E-state index in [-0.39, 0.29) is 12.5 Å². The van der Waals surface area contributed by atoms with Gasteiger partial charge in [-0.3, -0.25) is 4.79 Å². The summed E-state index contributed by atoms with van der Waals surface area (Å²) in [5.41, 5.74) is 0. The first-order valence-corrected chi connectivity index (χ1v) is 8.55. The summed E-state index contributed by atoms with van der Waals surface area (Å²) in [7, 11) is 0. The molecule has 0 aromatic carbocycles. The van der Waals surface area contributed by atoms with Crippen LogP contribution in [0.5, 0.6) is 0 Å². The molecule has 4 nitrogen and oxygen atoms in total. The third kappa shape index (κ3) is 11.5. The van der Waals surface area contributed by atoms with Gasteiger partial charge in [0.15, 0.2) is 0 Å². The summed E-state index contributed by atoms with van der Waals surface area (Å²) in [6.45, 7) is 3.97. The Bertz CT molecular complexity index is 326. The molecule has 0 rings (SSSR count). The molecule has 0 saturated heterocycles. The first-order chi connectivity index (χ1) is 10.7. The van der Waals surface area contributed by atoms with Crippen LogP contribution in [0.3, 0.4) is 0 Å². The number of carbonyl (C=O) groups is 1. The highest BCUT2D eigenvalue weighted by Gasteiger charge is 2.17. The Morgan fingerprint density at radius 2 is 1.73 bits per heavy atom. The zero-order valence-electron chi connectivity index (χ0n) is 14.1. The number of hydrogen-bond acceptors (Lipinski definition) is 3. The molecule has 0 bridgehead atoms. The second-order valence-corrected chi connectivity index (χ2v) is 5.57. The predicted octanol–water partition coefficient (Wildman–Crippen LogP) is 3.10. The molecule has 0 fully saturated rings. The Morgan fingerprint density at radius 1 is 1.05 bits per heavy atom. The summed E-state index contributed by atoms with van der Waals surface area (Å²) in [5.74, 6) is -0.109. The van der Waals surface area contributed by atoms with Crippen molar-refractivity contribution in [3.63, 3.8) is 0 Å². The van der Waals surface area contributed by atoms with Gasteiger partial charge in [-0.15, -0.1) is 0 Å². The molecule has 0 radical (unpaired) electrons. The minimum absolute atomic E-state index is 0.109. The number of unbranched alkanes of at least 4 members (excludes halogenated alkanes) is 4. The fourth-order valence-electron chi connectivity index (χ4n) is 2.02. The van der Waals surface area contributed by atoms with Gasteiger partial charge in [0.1, 0.15) is 0 Å². The summed E-state index contributed by atoms with van der Waals surface area (Å²) in [4.78, 5) is 11.7. The molecule has 128 valence electrons. The maximum absolute atomic E-state index is 11.7. The van der Waals surface area contributed by atoms with Crippen molar-refractivity contribution in [1.82, 2.24) is 5.32 Å². The van der Waals surface area contributed by atoms with E-state index in [1.54, 1.807) is 6.08 Å². The molecule has 22 heavy (non-hydrogen) atoms. The Morgan fingerprint density at radius 3 is 2.36 bits per heavy atom. The molecule has 0 aliphatic rings. The molecule has 0 aromatic heterocycles. The lowest BCUT2D eigenvalue weighted by Crippen LogP contribution is -2.45. The van der Waals surface area contributed by atoms with Crippen molar-refractivity contribution in [1.29, 1.82) is 0 Å². The Hall–Kier alpha value is -1.13. The summed E-state index contributed by atoms with van der Waals surface area (Å²) < 4.78 is 0. The standard InChI is InChI=1S/C18H33NO3/c1-3-5-7-8-9-10-12-13-17(21)16(15-20)19-18(22)14-11-6-4-2/h7-8,12-13,16-17,20-21H,3-6,9-11,14-15H2,1-2H3,(H,19,22)/b8-7+,13-12+. The minimum atomic E-state index is -0.847. The topological polar surface area (TPSA) is 69.6 Å². The summed E-state index contributed by atoms with van der Waals surface area (Å²) >= 11 is 0. The van der Waals surface area contributed by atoms with E-state index in [9.17, 15) is 15.0 Å². The van der Waals surface area contributed by atoms with Crippen molar-refractivity contribution >= 4 is 5.91 Å². The SMILES string of the molecule is CCC/C=C/CC/C=C/C(O)C(CO)NC(=O)CCCCC. The van der Waals surface area contributed by atoms with Gasteiger partial charge in [-0.05, 0) is 25.7 Å². The average molecular weight is 311 g/mol. The molecular formula is C18H33NO3. The van der Waals surface area contributed by atoms with E-state index in [4.69, 9.17) is 0 Å². The average Bonchev–Trinajstić information content (AvgIpc) is 2.51. The van der Waals surface area contributed by atoms with Gasteiger partial charge in [-0.25, -0.2) is 0 Å². The van der Waals surface area contributed by atoms with Crippen LogP contribution in [0.2, 0.25) is 0 Å². The van der Waals surface area contributed by atoms with E-state index in [0.717, 1.165) is 44.9 Å². The van der Waals surface area contributed by atoms with E-state index >= 15 is 0 Å².